The van der Waals surface area contributed by atoms with Crippen molar-refractivity contribution in [1.29, 1.82) is 0 Å². The smallest absolute Gasteiger partial charge is 0.254 e. The zero-order valence-corrected chi connectivity index (χ0v) is 13.5. The zero-order chi connectivity index (χ0) is 17.4. The Kier molecular flexibility index (Phi) is 3.93. The fourth-order valence-corrected chi connectivity index (χ4v) is 3.22. The van der Waals surface area contributed by atoms with E-state index in [2.05, 4.69) is 4.98 Å². The summed E-state index contributed by atoms with van der Waals surface area (Å²) in [5.74, 6) is -0.426. The van der Waals surface area contributed by atoms with E-state index in [1.807, 2.05) is 24.3 Å². The highest BCUT2D eigenvalue weighted by Gasteiger charge is 2.27. The Hall–Kier alpha value is -2.79. The van der Waals surface area contributed by atoms with E-state index < -0.39 is 6.10 Å². The van der Waals surface area contributed by atoms with E-state index in [9.17, 15) is 14.3 Å². The molecule has 3 aromatic rings. The summed E-state index contributed by atoms with van der Waals surface area (Å²) in [4.78, 5) is 19.3. The molecule has 1 N–H and O–H groups in total. The third-order valence-corrected chi connectivity index (χ3v) is 4.54. The molecule has 1 saturated heterocycles. The average molecular weight is 336 g/mol. The molecule has 0 saturated carbocycles. The lowest BCUT2D eigenvalue weighted by atomic mass is 10.0. The molecule has 1 atom stereocenters. The molecular weight excluding hydrogens is 319 g/mol. The van der Waals surface area contributed by atoms with E-state index in [4.69, 9.17) is 0 Å². The molecule has 1 unspecified atom stereocenters. The van der Waals surface area contributed by atoms with Gasteiger partial charge in [-0.05, 0) is 42.8 Å². The summed E-state index contributed by atoms with van der Waals surface area (Å²) in [6.07, 6.45) is 0.133. The van der Waals surface area contributed by atoms with Crippen LogP contribution in [0.4, 0.5) is 4.39 Å². The number of para-hydroxylation sites is 1. The van der Waals surface area contributed by atoms with Crippen LogP contribution in [0.2, 0.25) is 0 Å². The standard InChI is InChI=1S/C20H17FN2O2/c21-14-7-5-13(6-8-14)19-11-17(16-3-1-2-4-18(16)22-19)20(25)23-10-9-15(24)12-23/h1-8,11,15,24H,9-10,12H2. The van der Waals surface area contributed by atoms with Crippen molar-refractivity contribution >= 4 is 16.8 Å². The van der Waals surface area contributed by atoms with Crippen LogP contribution in [-0.2, 0) is 0 Å². The molecule has 5 heteroatoms. The van der Waals surface area contributed by atoms with Gasteiger partial charge in [-0.1, -0.05) is 18.2 Å². The van der Waals surface area contributed by atoms with Gasteiger partial charge in [0.15, 0.2) is 0 Å². The predicted octanol–water partition coefficient (Wildman–Crippen LogP) is 3.25. The number of β-amino-alcohol motifs (C(OH)–C–C–N with tert-alkyl or cyclic N) is 1. The van der Waals surface area contributed by atoms with Gasteiger partial charge in [-0.2, -0.15) is 0 Å². The zero-order valence-electron chi connectivity index (χ0n) is 13.5. The number of carbonyl (C=O) groups is 1. The lowest BCUT2D eigenvalue weighted by Crippen LogP contribution is -2.29. The van der Waals surface area contributed by atoms with Crippen LogP contribution >= 0.6 is 0 Å². The molecule has 1 amide bonds. The topological polar surface area (TPSA) is 53.4 Å². The maximum Gasteiger partial charge on any atom is 0.254 e. The van der Waals surface area contributed by atoms with Gasteiger partial charge in [-0.25, -0.2) is 9.37 Å². The minimum atomic E-state index is -0.464. The summed E-state index contributed by atoms with van der Waals surface area (Å²) in [6.45, 7) is 0.893. The first-order chi connectivity index (χ1) is 12.1. The van der Waals surface area contributed by atoms with Crippen molar-refractivity contribution in [2.24, 2.45) is 0 Å². The normalized spacial score (nSPS) is 17.2. The van der Waals surface area contributed by atoms with Crippen molar-refractivity contribution in [2.45, 2.75) is 12.5 Å². The summed E-state index contributed by atoms with van der Waals surface area (Å²) >= 11 is 0. The summed E-state index contributed by atoms with van der Waals surface area (Å²) in [5, 5.41) is 10.5. The lowest BCUT2D eigenvalue weighted by molar-refractivity contribution is 0.0767. The van der Waals surface area contributed by atoms with Crippen LogP contribution < -0.4 is 0 Å². The van der Waals surface area contributed by atoms with Gasteiger partial charge in [0.2, 0.25) is 0 Å². The Morgan fingerprint density at radius 2 is 1.92 bits per heavy atom. The Morgan fingerprint density at radius 3 is 2.64 bits per heavy atom. The molecule has 1 aliphatic heterocycles. The number of aliphatic hydroxyl groups excluding tert-OH is 1. The van der Waals surface area contributed by atoms with Gasteiger partial charge in [0.1, 0.15) is 5.82 Å². The van der Waals surface area contributed by atoms with E-state index in [0.717, 1.165) is 10.9 Å². The van der Waals surface area contributed by atoms with E-state index in [0.29, 0.717) is 36.3 Å². The molecule has 25 heavy (non-hydrogen) atoms. The molecule has 0 radical (unpaired) electrons. The van der Waals surface area contributed by atoms with Crippen LogP contribution in [0.5, 0.6) is 0 Å². The van der Waals surface area contributed by atoms with Gasteiger partial charge in [-0.15, -0.1) is 0 Å². The summed E-state index contributed by atoms with van der Waals surface area (Å²) in [5.41, 5.74) is 2.65. The van der Waals surface area contributed by atoms with Gasteiger partial charge in [0.25, 0.3) is 5.91 Å². The highest BCUT2D eigenvalue weighted by Crippen LogP contribution is 2.27. The molecule has 4 nitrogen and oxygen atoms in total. The fourth-order valence-electron chi connectivity index (χ4n) is 3.22. The molecule has 0 aliphatic carbocycles. The van der Waals surface area contributed by atoms with Crippen LogP contribution in [0.3, 0.4) is 0 Å². The minimum Gasteiger partial charge on any atom is -0.391 e. The lowest BCUT2D eigenvalue weighted by Gasteiger charge is -2.17. The van der Waals surface area contributed by atoms with E-state index >= 15 is 0 Å². The highest BCUT2D eigenvalue weighted by molar-refractivity contribution is 6.07. The average Bonchev–Trinajstić information content (AvgIpc) is 3.07. The second-order valence-electron chi connectivity index (χ2n) is 6.27. The maximum absolute atomic E-state index is 13.2. The molecule has 4 rings (SSSR count). The molecular formula is C20H17FN2O2. The SMILES string of the molecule is O=C(c1cc(-c2ccc(F)cc2)nc2ccccc12)N1CCC(O)C1. The highest BCUT2D eigenvalue weighted by atomic mass is 19.1. The van der Waals surface area contributed by atoms with Crippen LogP contribution in [0, 0.1) is 5.82 Å². The first kappa shape index (κ1) is 15.7. The Bertz CT molecular complexity index is 940. The molecule has 1 aliphatic rings. The van der Waals surface area contributed by atoms with Crippen molar-refractivity contribution in [3.8, 4) is 11.3 Å². The van der Waals surface area contributed by atoms with Crippen molar-refractivity contribution in [3.05, 3.63) is 66.0 Å². The van der Waals surface area contributed by atoms with Gasteiger partial charge < -0.3 is 10.0 Å². The van der Waals surface area contributed by atoms with Crippen molar-refractivity contribution in [1.82, 2.24) is 9.88 Å². The van der Waals surface area contributed by atoms with Gasteiger partial charge >= 0.3 is 0 Å². The van der Waals surface area contributed by atoms with E-state index in [1.165, 1.54) is 12.1 Å². The molecule has 1 fully saturated rings. The molecule has 1 aromatic heterocycles. The number of benzene rings is 2. The number of carbonyl (C=O) groups excluding carboxylic acids is 1. The molecule has 2 aromatic carbocycles. The second-order valence-corrected chi connectivity index (χ2v) is 6.27. The first-order valence-electron chi connectivity index (χ1n) is 8.25. The minimum absolute atomic E-state index is 0.112. The number of pyridine rings is 1. The van der Waals surface area contributed by atoms with E-state index in [1.54, 1.807) is 23.1 Å². The maximum atomic E-state index is 13.2. The van der Waals surface area contributed by atoms with E-state index in [-0.39, 0.29) is 11.7 Å². The van der Waals surface area contributed by atoms with Gasteiger partial charge in [0, 0.05) is 24.0 Å². The number of rotatable bonds is 2. The number of hydrogen-bond donors (Lipinski definition) is 1. The van der Waals surface area contributed by atoms with Crippen molar-refractivity contribution < 1.29 is 14.3 Å². The molecule has 126 valence electrons. The second kappa shape index (κ2) is 6.26. The van der Waals surface area contributed by atoms with Gasteiger partial charge in [0.05, 0.1) is 22.9 Å². The monoisotopic (exact) mass is 336 g/mol. The molecule has 0 spiro atoms. The summed E-state index contributed by atoms with van der Waals surface area (Å²) in [6, 6.07) is 15.3. The van der Waals surface area contributed by atoms with Crippen LogP contribution in [0.1, 0.15) is 16.8 Å². The predicted molar refractivity (Wildman–Crippen MR) is 93.7 cm³/mol. The Morgan fingerprint density at radius 1 is 1.16 bits per heavy atom. The first-order valence-corrected chi connectivity index (χ1v) is 8.25. The van der Waals surface area contributed by atoms with Crippen LogP contribution in [0.15, 0.2) is 54.6 Å². The quantitative estimate of drug-likeness (QED) is 0.782. The number of likely N-dealkylation sites (tertiary alicyclic amines) is 1. The molecule has 2 heterocycles. The number of halogens is 1. The van der Waals surface area contributed by atoms with Crippen molar-refractivity contribution in [2.75, 3.05) is 13.1 Å². The number of amides is 1. The number of fused-ring (bicyclic) bond motifs is 1. The Balaban J connectivity index is 1.84. The third kappa shape index (κ3) is 2.98. The number of hydrogen-bond acceptors (Lipinski definition) is 3. The van der Waals surface area contributed by atoms with Crippen LogP contribution in [-0.4, -0.2) is 40.1 Å². The number of aromatic nitrogens is 1. The van der Waals surface area contributed by atoms with Gasteiger partial charge in [-0.3, -0.25) is 4.79 Å². The summed E-state index contributed by atoms with van der Waals surface area (Å²) in [7, 11) is 0. The summed E-state index contributed by atoms with van der Waals surface area (Å²) < 4.78 is 13.2. The number of nitrogens with zero attached hydrogens (tertiary/aromatic N) is 2. The fraction of sp³-hybridized carbons (Fsp3) is 0.200. The number of aliphatic hydroxyl groups is 1. The van der Waals surface area contributed by atoms with Crippen LogP contribution in [0.25, 0.3) is 22.2 Å². The largest absolute Gasteiger partial charge is 0.391 e. The molecule has 0 bridgehead atoms. The Labute approximate surface area is 144 Å². The third-order valence-electron chi connectivity index (χ3n) is 4.54. The van der Waals surface area contributed by atoms with Crippen molar-refractivity contribution in [3.63, 3.8) is 0 Å².